The van der Waals surface area contributed by atoms with E-state index in [-0.39, 0.29) is 71.1 Å². The standard InChI is InChI=1S/C33H42N4O8.C19H18N4/c1-32(44)17-5-4-6-21(38)24(17)28(40)25-18(32)13-19-27(37(2)3)29(41)26(31(43)33(19,45)30(25)42)22(39)12-9-15-7-10-16(11-8-15)20(34)14-23(35)36;20-18(21)14-5-1-12(2-6-14)16-9-10-17(11-16)13-3-7-15(8-4-13)19(22)23/h4-6,15-16,18-19,27,34,38,40,43-45H,7-14H2,1-3H3,(H3,35,36);1-10H,11H2,(H3,20,21)(H3,22,23). The van der Waals surface area contributed by atoms with Gasteiger partial charge in [0.05, 0.1) is 23.0 Å². The first-order valence-corrected chi connectivity index (χ1v) is 22.7. The minimum atomic E-state index is -2.74. The number of likely N-dealkylation sites (N-methyl/N-ethyl adjacent to an activating group) is 1. The average molecular weight is 925 g/mol. The number of aliphatic hydroxyl groups is 4. The molecule has 16 heteroatoms. The van der Waals surface area contributed by atoms with Crippen LogP contribution in [0.2, 0.25) is 0 Å². The molecule has 15 N–H and O–H groups in total. The summed E-state index contributed by atoms with van der Waals surface area (Å²) in [5, 5.41) is 87.5. The van der Waals surface area contributed by atoms with E-state index in [0.29, 0.717) is 12.1 Å². The predicted molar refractivity (Wildman–Crippen MR) is 260 cm³/mol. The normalized spacial score (nSPS) is 26.4. The Morgan fingerprint density at radius 3 is 1.84 bits per heavy atom. The third-order valence-corrected chi connectivity index (χ3v) is 14.6. The molecule has 3 aromatic carbocycles. The van der Waals surface area contributed by atoms with Gasteiger partial charge in [0.1, 0.15) is 34.5 Å². The van der Waals surface area contributed by atoms with Crippen molar-refractivity contribution in [1.29, 1.82) is 21.6 Å². The first-order chi connectivity index (χ1) is 32.1. The molecule has 0 radical (unpaired) electrons. The summed E-state index contributed by atoms with van der Waals surface area (Å²) in [6, 6.07) is 18.6. The Balaban J connectivity index is 0.000000248. The molecule has 2 fully saturated rings. The molecule has 16 nitrogen and oxygen atoms in total. The van der Waals surface area contributed by atoms with Crippen LogP contribution in [0.4, 0.5) is 0 Å². The van der Waals surface area contributed by atoms with Crippen LogP contribution in [0, 0.1) is 45.3 Å². The molecule has 0 spiro atoms. The highest BCUT2D eigenvalue weighted by molar-refractivity contribution is 6.25. The number of carbonyl (C=O) groups is 3. The zero-order valence-electron chi connectivity index (χ0n) is 38.4. The zero-order valence-corrected chi connectivity index (χ0v) is 38.4. The number of nitrogens with zero attached hydrogens (tertiary/aromatic N) is 1. The van der Waals surface area contributed by atoms with Crippen LogP contribution in [0.25, 0.3) is 16.9 Å². The molecular formula is C52H60N8O8. The molecule has 3 aromatic rings. The number of phenolic OH excluding ortho intramolecular Hbond substituents is 1. The van der Waals surface area contributed by atoms with Gasteiger partial charge in [0.25, 0.3) is 0 Å². The van der Waals surface area contributed by atoms with Crippen LogP contribution in [0.1, 0.15) is 98.1 Å². The molecule has 2 saturated carbocycles. The quantitative estimate of drug-likeness (QED) is 0.0585. The molecule has 0 saturated heterocycles. The molecule has 5 aliphatic rings. The third kappa shape index (κ3) is 8.94. The number of amidine groups is 3. The molecule has 0 amide bonds. The number of nitrogens with one attached hydrogen (secondary N) is 4. The molecule has 0 aromatic heterocycles. The number of phenols is 1. The molecule has 0 aliphatic heterocycles. The van der Waals surface area contributed by atoms with Crippen LogP contribution in [0.5, 0.6) is 5.75 Å². The molecule has 8 rings (SSSR count). The first kappa shape index (κ1) is 48.9. The van der Waals surface area contributed by atoms with Gasteiger partial charge in [-0.3, -0.25) is 35.5 Å². The molecule has 0 heterocycles. The summed E-state index contributed by atoms with van der Waals surface area (Å²) in [5.41, 5.74) is 17.5. The fourth-order valence-corrected chi connectivity index (χ4v) is 10.8. The fraction of sp³-hybridized carbons (Fsp3) is 0.365. The minimum absolute atomic E-state index is 0.0286. The summed E-state index contributed by atoms with van der Waals surface area (Å²) in [6.07, 6.45) is 8.28. The molecular weight excluding hydrogens is 865 g/mol. The number of ketones is 3. The summed E-state index contributed by atoms with van der Waals surface area (Å²) in [5.74, 6) is -6.69. The molecule has 5 unspecified atom stereocenters. The SMILES string of the molecule is CN(C)C1C(=O)C(C(=O)CCC2CCC(C(=N)CC(=N)N)CC2)=C(O)C2(O)C(=O)C3=C(O)c4c(O)cccc4C(C)(O)C3CC12.N=C(N)c1ccc(C2=CC=C(c3ccc(C(=N)N)cc3)C2)cc1. The lowest BCUT2D eigenvalue weighted by Gasteiger charge is -2.53. The maximum Gasteiger partial charge on any atom is 0.202 e. The smallest absolute Gasteiger partial charge is 0.202 e. The van der Waals surface area contributed by atoms with Gasteiger partial charge in [-0.15, -0.1) is 0 Å². The lowest BCUT2D eigenvalue weighted by atomic mass is 9.54. The molecule has 5 atom stereocenters. The van der Waals surface area contributed by atoms with E-state index in [4.69, 9.17) is 38.8 Å². The van der Waals surface area contributed by atoms with Crippen molar-refractivity contribution in [2.24, 2.45) is 40.9 Å². The highest BCUT2D eigenvalue weighted by Gasteiger charge is 2.66. The van der Waals surface area contributed by atoms with Crippen LogP contribution < -0.4 is 17.2 Å². The van der Waals surface area contributed by atoms with Crippen molar-refractivity contribution in [3.8, 4) is 5.75 Å². The van der Waals surface area contributed by atoms with E-state index in [1.165, 1.54) is 41.2 Å². The average Bonchev–Trinajstić information content (AvgIpc) is 3.79. The van der Waals surface area contributed by atoms with Crippen molar-refractivity contribution in [1.82, 2.24) is 4.90 Å². The van der Waals surface area contributed by atoms with Gasteiger partial charge in [0, 0.05) is 47.1 Å². The van der Waals surface area contributed by atoms with E-state index in [1.54, 1.807) is 14.1 Å². The third-order valence-electron chi connectivity index (χ3n) is 14.6. The lowest BCUT2D eigenvalue weighted by Crippen LogP contribution is -2.66. The van der Waals surface area contributed by atoms with Gasteiger partial charge in [0.15, 0.2) is 17.2 Å². The maximum absolute atomic E-state index is 14.2. The van der Waals surface area contributed by atoms with Gasteiger partial charge in [-0.25, -0.2) is 0 Å². The minimum Gasteiger partial charge on any atom is -0.508 e. The number of aliphatic hydroxyl groups excluding tert-OH is 2. The van der Waals surface area contributed by atoms with Gasteiger partial charge >= 0.3 is 0 Å². The van der Waals surface area contributed by atoms with Crippen LogP contribution in [-0.4, -0.2) is 96.7 Å². The van der Waals surface area contributed by atoms with E-state index in [9.17, 15) is 39.9 Å². The van der Waals surface area contributed by atoms with Gasteiger partial charge in [-0.2, -0.15) is 0 Å². The Kier molecular flexibility index (Phi) is 13.6. The summed E-state index contributed by atoms with van der Waals surface area (Å²) in [4.78, 5) is 43.2. The number of Topliss-reactive ketones (excluding diaryl/α,β-unsaturated/α-hetero) is 3. The van der Waals surface area contributed by atoms with Gasteiger partial charge in [-0.05, 0) is 112 Å². The Morgan fingerprint density at radius 1 is 0.794 bits per heavy atom. The monoisotopic (exact) mass is 924 g/mol. The van der Waals surface area contributed by atoms with Crippen LogP contribution in [0.3, 0.4) is 0 Å². The second-order valence-corrected chi connectivity index (χ2v) is 19.0. The number of fused-ring (bicyclic) bond motifs is 3. The number of hydrogen-bond donors (Lipinski definition) is 12. The van der Waals surface area contributed by atoms with Gasteiger partial charge in [0.2, 0.25) is 5.78 Å². The highest BCUT2D eigenvalue weighted by atomic mass is 16.3. The molecule has 5 aliphatic carbocycles. The van der Waals surface area contributed by atoms with Gasteiger partial charge in [-0.1, -0.05) is 72.8 Å². The largest absolute Gasteiger partial charge is 0.508 e. The number of aromatic hydroxyl groups is 1. The van der Waals surface area contributed by atoms with E-state index >= 15 is 0 Å². The molecule has 356 valence electrons. The first-order valence-electron chi connectivity index (χ1n) is 22.7. The number of rotatable bonds is 12. The van der Waals surface area contributed by atoms with Crippen LogP contribution in [-0.2, 0) is 20.0 Å². The number of nitrogen functional groups attached to an aromatic ring is 2. The van der Waals surface area contributed by atoms with E-state index in [0.717, 1.165) is 54.4 Å². The van der Waals surface area contributed by atoms with Gasteiger partial charge < -0.3 is 48.1 Å². The Bertz CT molecular complexity index is 2670. The van der Waals surface area contributed by atoms with Crippen LogP contribution in [0.15, 0.2) is 95.8 Å². The topological polar surface area (TPSA) is 329 Å². The van der Waals surface area contributed by atoms with E-state index < -0.39 is 63.5 Å². The highest BCUT2D eigenvalue weighted by Crippen LogP contribution is 2.57. The Hall–Kier alpha value is -7.01. The van der Waals surface area contributed by atoms with Crippen molar-refractivity contribution in [2.45, 2.75) is 82.0 Å². The number of nitrogens with two attached hydrogens (primary N) is 3. The summed E-state index contributed by atoms with van der Waals surface area (Å²) in [7, 11) is 3.13. The summed E-state index contributed by atoms with van der Waals surface area (Å²) in [6.45, 7) is 1.43. The number of benzene rings is 3. The number of carbonyl (C=O) groups excluding carboxylic acids is 3. The Labute approximate surface area is 394 Å². The molecule has 68 heavy (non-hydrogen) atoms. The molecule has 0 bridgehead atoms. The lowest BCUT2D eigenvalue weighted by molar-refractivity contribution is -0.159. The van der Waals surface area contributed by atoms with Crippen molar-refractivity contribution < 1.29 is 39.9 Å². The fourth-order valence-electron chi connectivity index (χ4n) is 10.8. The van der Waals surface area contributed by atoms with E-state index in [2.05, 4.69) is 12.2 Å². The van der Waals surface area contributed by atoms with Crippen molar-refractivity contribution >= 4 is 57.5 Å². The second kappa shape index (κ2) is 18.9. The zero-order chi connectivity index (χ0) is 49.6. The van der Waals surface area contributed by atoms with Crippen molar-refractivity contribution in [2.75, 3.05) is 14.1 Å². The number of hydrogen-bond acceptors (Lipinski definition) is 13. The maximum atomic E-state index is 14.2. The summed E-state index contributed by atoms with van der Waals surface area (Å²) >= 11 is 0. The Morgan fingerprint density at radius 2 is 1.34 bits per heavy atom. The summed E-state index contributed by atoms with van der Waals surface area (Å²) < 4.78 is 0. The predicted octanol–water partition coefficient (Wildman–Crippen LogP) is 5.77. The van der Waals surface area contributed by atoms with E-state index in [1.807, 2.05) is 48.5 Å². The second-order valence-electron chi connectivity index (χ2n) is 19.0. The number of allylic oxidation sites excluding steroid dienone is 4. The van der Waals surface area contributed by atoms with Crippen LogP contribution >= 0.6 is 0 Å². The van der Waals surface area contributed by atoms with Crippen molar-refractivity contribution in [3.05, 3.63) is 129 Å². The van der Waals surface area contributed by atoms with Crippen molar-refractivity contribution in [3.63, 3.8) is 0 Å².